The highest BCUT2D eigenvalue weighted by atomic mass is 79.9. The molecule has 2 aromatic heterocycles. The molecule has 0 radical (unpaired) electrons. The van der Waals surface area contributed by atoms with Gasteiger partial charge in [0.15, 0.2) is 5.82 Å². The second kappa shape index (κ2) is 6.15. The maximum atomic E-state index is 12.0. The molecular formula is C18H18BrN5O. The van der Waals surface area contributed by atoms with Gasteiger partial charge in [0, 0.05) is 24.3 Å². The standard InChI is InChI=1S/C18H18BrN5O/c1-10-3-4-11(7-13(10)18(25)20-2)22-17-16-14(8-15(19)23-17)21-9-24(16)12-5-6-12/h3-4,7-9,12H,5-6H2,1-2H3,(H,20,25)(H,22,23). The van der Waals surface area contributed by atoms with E-state index in [1.807, 2.05) is 37.5 Å². The van der Waals surface area contributed by atoms with Crippen molar-refractivity contribution in [2.75, 3.05) is 12.4 Å². The van der Waals surface area contributed by atoms with Gasteiger partial charge in [-0.05, 0) is 59.5 Å². The van der Waals surface area contributed by atoms with E-state index in [-0.39, 0.29) is 5.91 Å². The largest absolute Gasteiger partial charge is 0.355 e. The van der Waals surface area contributed by atoms with Crippen LogP contribution in [0.4, 0.5) is 11.5 Å². The number of aryl methyl sites for hydroxylation is 1. The van der Waals surface area contributed by atoms with Gasteiger partial charge in [0.1, 0.15) is 10.1 Å². The fraction of sp³-hybridized carbons (Fsp3) is 0.278. The Labute approximate surface area is 153 Å². The molecular weight excluding hydrogens is 382 g/mol. The number of carbonyl (C=O) groups is 1. The molecule has 2 heterocycles. The van der Waals surface area contributed by atoms with E-state index in [4.69, 9.17) is 0 Å². The summed E-state index contributed by atoms with van der Waals surface area (Å²) in [7, 11) is 1.63. The number of fused-ring (bicyclic) bond motifs is 1. The fourth-order valence-electron chi connectivity index (χ4n) is 2.96. The van der Waals surface area contributed by atoms with E-state index in [1.54, 1.807) is 7.05 Å². The van der Waals surface area contributed by atoms with E-state index >= 15 is 0 Å². The number of nitrogens with zero attached hydrogens (tertiary/aromatic N) is 3. The minimum atomic E-state index is -0.100. The fourth-order valence-corrected chi connectivity index (χ4v) is 3.36. The lowest BCUT2D eigenvalue weighted by Crippen LogP contribution is -2.19. The molecule has 0 atom stereocenters. The quantitative estimate of drug-likeness (QED) is 0.651. The number of imidazole rings is 1. The summed E-state index contributed by atoms with van der Waals surface area (Å²) in [5.41, 5.74) is 4.29. The minimum absolute atomic E-state index is 0.100. The van der Waals surface area contributed by atoms with Crippen molar-refractivity contribution >= 4 is 44.4 Å². The summed E-state index contributed by atoms with van der Waals surface area (Å²) >= 11 is 3.45. The number of rotatable bonds is 4. The molecule has 2 N–H and O–H groups in total. The predicted octanol–water partition coefficient (Wildman–Crippen LogP) is 3.94. The molecule has 3 aromatic rings. The van der Waals surface area contributed by atoms with E-state index in [1.165, 1.54) is 12.8 Å². The number of pyridine rings is 1. The smallest absolute Gasteiger partial charge is 0.251 e. The van der Waals surface area contributed by atoms with Crippen LogP contribution in [0.2, 0.25) is 0 Å². The Bertz CT molecular complexity index is 977. The number of benzene rings is 1. The van der Waals surface area contributed by atoms with Crippen LogP contribution in [0.25, 0.3) is 11.0 Å². The van der Waals surface area contributed by atoms with Crippen LogP contribution in [-0.4, -0.2) is 27.5 Å². The zero-order valence-corrected chi connectivity index (χ0v) is 15.6. The van der Waals surface area contributed by atoms with Gasteiger partial charge in [-0.25, -0.2) is 9.97 Å². The van der Waals surface area contributed by atoms with Gasteiger partial charge in [0.2, 0.25) is 0 Å². The highest BCUT2D eigenvalue weighted by Crippen LogP contribution is 2.39. The summed E-state index contributed by atoms with van der Waals surface area (Å²) in [5.74, 6) is 0.636. The van der Waals surface area contributed by atoms with Crippen molar-refractivity contribution in [3.8, 4) is 0 Å². The molecule has 4 rings (SSSR count). The molecule has 1 saturated carbocycles. The molecule has 25 heavy (non-hydrogen) atoms. The van der Waals surface area contributed by atoms with Crippen molar-refractivity contribution in [1.82, 2.24) is 19.9 Å². The molecule has 1 aliphatic carbocycles. The van der Waals surface area contributed by atoms with Crippen molar-refractivity contribution in [3.63, 3.8) is 0 Å². The third-order valence-corrected chi connectivity index (χ3v) is 4.84. The second-order valence-corrected chi connectivity index (χ2v) is 7.09. The maximum absolute atomic E-state index is 12.0. The number of hydrogen-bond acceptors (Lipinski definition) is 4. The first-order valence-electron chi connectivity index (χ1n) is 8.19. The monoisotopic (exact) mass is 399 g/mol. The second-order valence-electron chi connectivity index (χ2n) is 6.28. The molecule has 1 aliphatic rings. The normalized spacial score (nSPS) is 13.9. The first-order valence-corrected chi connectivity index (χ1v) is 8.99. The van der Waals surface area contributed by atoms with Crippen LogP contribution < -0.4 is 10.6 Å². The lowest BCUT2D eigenvalue weighted by atomic mass is 10.1. The zero-order valence-electron chi connectivity index (χ0n) is 14.0. The van der Waals surface area contributed by atoms with Gasteiger partial charge in [-0.1, -0.05) is 6.07 Å². The molecule has 0 unspecified atom stereocenters. The van der Waals surface area contributed by atoms with Crippen LogP contribution >= 0.6 is 15.9 Å². The van der Waals surface area contributed by atoms with Crippen LogP contribution in [-0.2, 0) is 0 Å². The SMILES string of the molecule is CNC(=O)c1cc(Nc2nc(Br)cc3ncn(C4CC4)c23)ccc1C. The van der Waals surface area contributed by atoms with Gasteiger partial charge in [-0.15, -0.1) is 0 Å². The topological polar surface area (TPSA) is 71.8 Å². The molecule has 0 bridgehead atoms. The van der Waals surface area contributed by atoms with Crippen LogP contribution in [0.3, 0.4) is 0 Å². The number of amides is 1. The highest BCUT2D eigenvalue weighted by molar-refractivity contribution is 9.10. The zero-order chi connectivity index (χ0) is 17.6. The number of anilines is 2. The molecule has 128 valence electrons. The predicted molar refractivity (Wildman–Crippen MR) is 101 cm³/mol. The van der Waals surface area contributed by atoms with Crippen molar-refractivity contribution in [3.05, 3.63) is 46.3 Å². The maximum Gasteiger partial charge on any atom is 0.251 e. The Morgan fingerprint density at radius 3 is 2.84 bits per heavy atom. The Hall–Kier alpha value is -2.41. The molecule has 0 saturated heterocycles. The Morgan fingerprint density at radius 1 is 1.32 bits per heavy atom. The molecule has 0 spiro atoms. The molecule has 6 nitrogen and oxygen atoms in total. The number of carbonyl (C=O) groups excluding carboxylic acids is 1. The van der Waals surface area contributed by atoms with Crippen LogP contribution in [0.1, 0.15) is 34.8 Å². The van der Waals surface area contributed by atoms with Gasteiger partial charge in [-0.3, -0.25) is 4.79 Å². The van der Waals surface area contributed by atoms with Crippen LogP contribution in [0, 0.1) is 6.92 Å². The van der Waals surface area contributed by atoms with Crippen molar-refractivity contribution in [2.24, 2.45) is 0 Å². The van der Waals surface area contributed by atoms with Gasteiger partial charge < -0.3 is 15.2 Å². The van der Waals surface area contributed by atoms with E-state index in [0.29, 0.717) is 11.6 Å². The molecule has 1 amide bonds. The summed E-state index contributed by atoms with van der Waals surface area (Å²) in [5, 5.41) is 6.04. The first kappa shape index (κ1) is 16.1. The number of halogens is 1. The van der Waals surface area contributed by atoms with Gasteiger partial charge in [-0.2, -0.15) is 0 Å². The van der Waals surface area contributed by atoms with Crippen LogP contribution in [0.15, 0.2) is 35.2 Å². The molecule has 1 fully saturated rings. The third kappa shape index (κ3) is 3.00. The van der Waals surface area contributed by atoms with E-state index in [0.717, 1.165) is 32.7 Å². The minimum Gasteiger partial charge on any atom is -0.355 e. The Kier molecular flexibility index (Phi) is 3.95. The van der Waals surface area contributed by atoms with Crippen molar-refractivity contribution in [2.45, 2.75) is 25.8 Å². The van der Waals surface area contributed by atoms with Crippen molar-refractivity contribution < 1.29 is 4.79 Å². The third-order valence-electron chi connectivity index (χ3n) is 4.43. The summed E-state index contributed by atoms with van der Waals surface area (Å²) in [6.45, 7) is 1.92. The van der Waals surface area contributed by atoms with Gasteiger partial charge in [0.05, 0.1) is 11.8 Å². The number of hydrogen-bond donors (Lipinski definition) is 2. The van der Waals surface area contributed by atoms with Gasteiger partial charge in [0.25, 0.3) is 5.91 Å². The molecule has 0 aliphatic heterocycles. The van der Waals surface area contributed by atoms with Gasteiger partial charge >= 0.3 is 0 Å². The first-order chi connectivity index (χ1) is 12.1. The molecule has 1 aromatic carbocycles. The highest BCUT2D eigenvalue weighted by Gasteiger charge is 2.26. The van der Waals surface area contributed by atoms with E-state index in [9.17, 15) is 4.79 Å². The number of aromatic nitrogens is 3. The van der Waals surface area contributed by atoms with Crippen molar-refractivity contribution in [1.29, 1.82) is 0 Å². The average Bonchev–Trinajstić information content (AvgIpc) is 3.35. The summed E-state index contributed by atoms with van der Waals surface area (Å²) in [4.78, 5) is 21.1. The Morgan fingerprint density at radius 2 is 2.12 bits per heavy atom. The van der Waals surface area contributed by atoms with E-state index in [2.05, 4.69) is 41.1 Å². The van der Waals surface area contributed by atoms with Crippen LogP contribution in [0.5, 0.6) is 0 Å². The number of nitrogens with one attached hydrogen (secondary N) is 2. The summed E-state index contributed by atoms with van der Waals surface area (Å²) < 4.78 is 2.91. The molecule has 7 heteroatoms. The van der Waals surface area contributed by atoms with E-state index < -0.39 is 0 Å². The lowest BCUT2D eigenvalue weighted by molar-refractivity contribution is 0.0962. The average molecular weight is 400 g/mol. The summed E-state index contributed by atoms with van der Waals surface area (Å²) in [6.07, 6.45) is 4.23. The lowest BCUT2D eigenvalue weighted by Gasteiger charge is -2.12. The Balaban J connectivity index is 1.78. The summed E-state index contributed by atoms with van der Waals surface area (Å²) in [6, 6.07) is 8.16.